The molecule has 0 N–H and O–H groups in total. The molecule has 6 unspecified atom stereocenters. The second-order valence-corrected chi connectivity index (χ2v) is 46.2. The number of nitrogens with zero attached hydrogens (tertiary/aromatic N) is 6. The topological polar surface area (TPSA) is 130 Å². The van der Waals surface area contributed by atoms with Crippen LogP contribution in [0.25, 0.3) is 0 Å². The van der Waals surface area contributed by atoms with E-state index in [0.29, 0.717) is 51.5 Å². The first kappa shape index (κ1) is 118. The Balaban J connectivity index is 0.000000229. The van der Waals surface area contributed by atoms with E-state index in [-0.39, 0.29) is 51.6 Å². The minimum atomic E-state index is 0.0114. The van der Waals surface area contributed by atoms with Gasteiger partial charge in [-0.3, -0.25) is 0 Å². The van der Waals surface area contributed by atoms with Gasteiger partial charge >= 0.3 is 0 Å². The Kier molecular flexibility index (Phi) is 52.7. The van der Waals surface area contributed by atoms with E-state index in [9.17, 15) is 0 Å². The molecule has 18 nitrogen and oxygen atoms in total. The molecule has 0 aliphatic carbocycles. The molecule has 0 heterocycles. The Morgan fingerprint density at radius 2 is 0.479 bits per heavy atom. The summed E-state index contributed by atoms with van der Waals surface area (Å²) in [6.07, 6.45) is 0. The fourth-order valence-corrected chi connectivity index (χ4v) is 23.4. The molecular formula is C116H160N6O12P6. The Morgan fingerprint density at radius 3 is 0.829 bits per heavy atom. The van der Waals surface area contributed by atoms with Crippen LogP contribution in [0.5, 0.6) is 34.5 Å². The van der Waals surface area contributed by atoms with Crippen LogP contribution in [-0.4, -0.2) is 197 Å². The number of para-hydroxylation sites is 2. The van der Waals surface area contributed by atoms with Gasteiger partial charge in [0.2, 0.25) is 0 Å². The zero-order valence-corrected chi connectivity index (χ0v) is 95.2. The van der Waals surface area contributed by atoms with E-state index in [4.69, 9.17) is 56.8 Å². The highest BCUT2D eigenvalue weighted by Crippen LogP contribution is 2.37. The summed E-state index contributed by atoms with van der Waals surface area (Å²) in [5.41, 5.74) is 18.2. The zero-order chi connectivity index (χ0) is 102. The molecule has 756 valence electrons. The van der Waals surface area contributed by atoms with Crippen molar-refractivity contribution in [3.63, 3.8) is 0 Å². The third kappa shape index (κ3) is 41.3. The van der Waals surface area contributed by atoms with Gasteiger partial charge in [0.05, 0.1) is 0 Å². The Morgan fingerprint density at radius 1 is 0.214 bits per heavy atom. The first-order chi connectivity index (χ1) is 66.9. The fourth-order valence-electron chi connectivity index (χ4n) is 15.1. The normalized spacial score (nSPS) is 11.8. The van der Waals surface area contributed by atoms with Crippen LogP contribution < -0.4 is 92.1 Å². The van der Waals surface area contributed by atoms with Crippen LogP contribution in [0.3, 0.4) is 0 Å². The molecule has 12 aromatic carbocycles. The standard InChI is InChI=1S/2C22H32NO2P.C19H26NO2P.2C18H24NO2P.C17H22NO2P/c1-16-12-18(22(2,3)4)13-20(21(16)25-15-24-7)26-19-11-9-8-10-17(19)14-23(5)6;1-16-12-18(22(2,3)4)21(25-15-24-7)20(13-16)26-19-11-9-8-10-17(19)14-23(5)6;1-14-10-15(2)19(22-13-21-5)18(11-14)23-17-9-7-6-8-16(17)12-20(3)4;1-14-8-7-11-17(18(14)21-13-20-4)22-16-10-6-5-9-15(16)12-19(2)3;1-14-9-10-16(21-13-20-4)18(11-14)22-17-8-6-5-7-15(17)12-19(2)3;1-18(2)12-14-8-4-6-10-16(14)21-17-11-7-5-9-15(17)20-13-19-3/h2*8-13,26H,14-15H2,1-7H3;6-11,23H,12-13H2,1-5H3;2*5-11,22H,12-13H2,1-4H3;4-11,21H,12-13H2,1-3H3. The highest BCUT2D eigenvalue weighted by atomic mass is 31.1. The summed E-state index contributed by atoms with van der Waals surface area (Å²) >= 11 is 0. The lowest BCUT2D eigenvalue weighted by Crippen LogP contribution is -2.22. The molecule has 0 bridgehead atoms. The van der Waals surface area contributed by atoms with E-state index >= 15 is 0 Å². The summed E-state index contributed by atoms with van der Waals surface area (Å²) in [6, 6.07) is 86.1. The van der Waals surface area contributed by atoms with Crippen LogP contribution in [0, 0.1) is 41.5 Å². The second-order valence-electron chi connectivity index (χ2n) is 38.2. The van der Waals surface area contributed by atoms with E-state index in [1.54, 1.807) is 42.7 Å². The van der Waals surface area contributed by atoms with Crippen LogP contribution in [-0.2, 0) is 78.5 Å². The molecule has 6 atom stereocenters. The quantitative estimate of drug-likeness (QED) is 0.0265. The molecule has 24 heteroatoms. The highest BCUT2D eigenvalue weighted by Gasteiger charge is 2.26. The molecule has 0 fully saturated rings. The first-order valence-corrected chi connectivity index (χ1v) is 53.3. The number of ether oxygens (including phenoxy) is 12. The van der Waals surface area contributed by atoms with Gasteiger partial charge in [0, 0.05) is 119 Å². The SMILES string of the molecule is COCOc1c(C)cc(C(C)(C)C)cc1Pc1ccccc1CN(C)C.COCOc1c(C)cc(C)cc1Pc1ccccc1CN(C)C.COCOc1c(C)cccc1Pc1ccccc1CN(C)C.COCOc1c(Pc2ccccc2CN(C)C)cc(C)cc1C(C)(C)C.COCOc1ccc(C)cc1Pc1ccccc1CN(C)C.COCOc1ccccc1Pc1ccccc1CN(C)C. The number of methoxy groups -OCH3 is 6. The lowest BCUT2D eigenvalue weighted by atomic mass is 9.85. The fraction of sp³-hybridized carbons (Fsp3) is 0.379. The van der Waals surface area contributed by atoms with E-state index in [0.717, 1.165) is 84.9 Å². The zero-order valence-electron chi connectivity index (χ0n) is 89.2. The minimum Gasteiger partial charge on any atom is -0.467 e. The van der Waals surface area contributed by atoms with Crippen molar-refractivity contribution in [1.82, 2.24) is 29.4 Å². The number of aryl methyl sites for hydroxylation is 6. The lowest BCUT2D eigenvalue weighted by Gasteiger charge is -2.26. The maximum Gasteiger partial charge on any atom is 0.188 e. The van der Waals surface area contributed by atoms with Crippen molar-refractivity contribution in [3.8, 4) is 34.5 Å². The number of benzene rings is 12. The molecular weight excluding hydrogens is 1860 g/mol. The highest BCUT2D eigenvalue weighted by molar-refractivity contribution is 7.57. The smallest absolute Gasteiger partial charge is 0.188 e. The second kappa shape index (κ2) is 62.3. The van der Waals surface area contributed by atoms with Crippen molar-refractivity contribution in [2.45, 2.75) is 133 Å². The van der Waals surface area contributed by atoms with Crippen LogP contribution in [0.4, 0.5) is 0 Å². The maximum atomic E-state index is 6.07. The van der Waals surface area contributed by atoms with Gasteiger partial charge in [-0.1, -0.05) is 305 Å². The third-order valence-corrected chi connectivity index (χ3v) is 29.9. The summed E-state index contributed by atoms with van der Waals surface area (Å²) < 4.78 is 65.5. The van der Waals surface area contributed by atoms with Crippen molar-refractivity contribution >= 4 is 115 Å². The molecule has 12 aromatic rings. The molecule has 0 radical (unpaired) electrons. The maximum absolute atomic E-state index is 6.07. The van der Waals surface area contributed by atoms with E-state index in [1.807, 2.05) is 18.2 Å². The first-order valence-electron chi connectivity index (χ1n) is 47.3. The number of hydrogen-bond donors (Lipinski definition) is 0. The van der Waals surface area contributed by atoms with Crippen molar-refractivity contribution in [1.29, 1.82) is 0 Å². The van der Waals surface area contributed by atoms with Gasteiger partial charge in [0.15, 0.2) is 40.8 Å². The van der Waals surface area contributed by atoms with Gasteiger partial charge in [-0.2, -0.15) is 0 Å². The van der Waals surface area contributed by atoms with E-state index in [2.05, 4.69) is 422 Å². The van der Waals surface area contributed by atoms with Crippen molar-refractivity contribution in [2.75, 3.05) is 168 Å². The van der Waals surface area contributed by atoms with Gasteiger partial charge in [0.25, 0.3) is 0 Å². The molecule has 0 amide bonds. The Bertz CT molecular complexity index is 5600. The van der Waals surface area contributed by atoms with Crippen molar-refractivity contribution in [2.24, 2.45) is 0 Å². The minimum absolute atomic E-state index is 0.0114. The summed E-state index contributed by atoms with van der Waals surface area (Å²) in [4.78, 5) is 13.2. The van der Waals surface area contributed by atoms with E-state index in [1.165, 1.54) is 130 Å². The molecule has 140 heavy (non-hydrogen) atoms. The van der Waals surface area contributed by atoms with Gasteiger partial charge in [-0.25, -0.2) is 0 Å². The van der Waals surface area contributed by atoms with Crippen LogP contribution in [0.15, 0.2) is 243 Å². The summed E-state index contributed by atoms with van der Waals surface area (Å²) in [6.45, 7) is 33.5. The van der Waals surface area contributed by atoms with Crippen molar-refractivity contribution < 1.29 is 56.8 Å². The van der Waals surface area contributed by atoms with Crippen molar-refractivity contribution in [3.05, 3.63) is 321 Å². The van der Waals surface area contributed by atoms with Gasteiger partial charge in [-0.15, -0.1) is 0 Å². The predicted octanol–water partition coefficient (Wildman–Crippen LogP) is 18.6. The predicted molar refractivity (Wildman–Crippen MR) is 608 cm³/mol. The molecule has 0 aliphatic heterocycles. The molecule has 0 aromatic heterocycles. The molecule has 0 saturated heterocycles. The average Bonchev–Trinajstić information content (AvgIpc) is 0.785. The van der Waals surface area contributed by atoms with Gasteiger partial charge in [-0.05, 0) is 272 Å². The van der Waals surface area contributed by atoms with Crippen LogP contribution in [0.2, 0.25) is 0 Å². The average molecular weight is 2020 g/mol. The van der Waals surface area contributed by atoms with Crippen LogP contribution >= 0.6 is 51.5 Å². The van der Waals surface area contributed by atoms with E-state index < -0.39 is 0 Å². The van der Waals surface area contributed by atoms with Crippen LogP contribution in [0.1, 0.15) is 119 Å². The monoisotopic (exact) mass is 2020 g/mol. The largest absolute Gasteiger partial charge is 0.467 e. The summed E-state index contributed by atoms with van der Waals surface area (Å²) in [5, 5.41) is 15.6. The summed E-state index contributed by atoms with van der Waals surface area (Å²) in [5.74, 6) is 5.64. The molecule has 0 spiro atoms. The Hall–Kier alpha value is -8.46. The third-order valence-electron chi connectivity index (χ3n) is 21.4. The summed E-state index contributed by atoms with van der Waals surface area (Å²) in [7, 11) is 38.5. The number of rotatable bonds is 42. The van der Waals surface area contributed by atoms with Gasteiger partial charge in [0.1, 0.15) is 34.5 Å². The molecule has 0 aliphatic rings. The lowest BCUT2D eigenvalue weighted by molar-refractivity contribution is 0.0505. The van der Waals surface area contributed by atoms with Gasteiger partial charge < -0.3 is 86.2 Å². The number of hydrogen-bond acceptors (Lipinski definition) is 18. The molecule has 12 rings (SSSR count). The Labute approximate surface area is 852 Å². The molecule has 0 saturated carbocycles.